The first kappa shape index (κ1) is 37.2. The normalized spacial score (nSPS) is 14.1. The van der Waals surface area contributed by atoms with E-state index in [4.69, 9.17) is 14.5 Å². The molecule has 0 atom stereocenters. The molecule has 0 bridgehead atoms. The zero-order valence-electron chi connectivity index (χ0n) is 29.8. The molecule has 2 N–H and O–H groups in total. The molecule has 266 valence electrons. The second-order valence-corrected chi connectivity index (χ2v) is 16.7. The van der Waals surface area contributed by atoms with Crippen LogP contribution in [0.2, 0.25) is 0 Å². The Hall–Kier alpha value is -4.10. The zero-order valence-corrected chi connectivity index (χ0v) is 32.3. The summed E-state index contributed by atoms with van der Waals surface area (Å²) in [5.41, 5.74) is 5.41. The van der Waals surface area contributed by atoms with E-state index in [1.54, 1.807) is 50.5 Å². The summed E-state index contributed by atoms with van der Waals surface area (Å²) in [7, 11) is 4.85. The predicted octanol–water partition coefficient (Wildman–Crippen LogP) is 6.98. The van der Waals surface area contributed by atoms with Crippen molar-refractivity contribution in [1.29, 1.82) is 0 Å². The molecule has 4 aromatic rings. The van der Waals surface area contributed by atoms with Gasteiger partial charge in [0.2, 0.25) is 5.95 Å². The number of ether oxygens (including phenoxy) is 2. The van der Waals surface area contributed by atoms with Gasteiger partial charge in [0.15, 0.2) is 0 Å². The van der Waals surface area contributed by atoms with Crippen LogP contribution in [0.15, 0.2) is 57.3 Å². The second-order valence-electron chi connectivity index (χ2n) is 12.7. The minimum atomic E-state index is -2.83. The van der Waals surface area contributed by atoms with E-state index in [0.717, 1.165) is 55.9 Å². The van der Waals surface area contributed by atoms with Crippen LogP contribution in [0, 0.1) is 0 Å². The Morgan fingerprint density at radius 2 is 1.92 bits per heavy atom. The molecule has 50 heavy (non-hydrogen) atoms. The summed E-state index contributed by atoms with van der Waals surface area (Å²) in [6.45, 7) is 12.2. The van der Waals surface area contributed by atoms with Crippen molar-refractivity contribution in [2.45, 2.75) is 25.9 Å². The minimum Gasteiger partial charge on any atom is -0.494 e. The summed E-state index contributed by atoms with van der Waals surface area (Å²) >= 11 is 3.58. The van der Waals surface area contributed by atoms with Gasteiger partial charge in [-0.15, -0.1) is 0 Å². The van der Waals surface area contributed by atoms with Gasteiger partial charge in [-0.3, -0.25) is 14.7 Å². The van der Waals surface area contributed by atoms with Crippen molar-refractivity contribution < 1.29 is 14.0 Å². The van der Waals surface area contributed by atoms with Crippen LogP contribution in [0.4, 0.5) is 40.2 Å². The molecule has 1 aliphatic rings. The molecule has 1 saturated heterocycles. The number of anilines is 5. The molecule has 0 saturated carbocycles. The van der Waals surface area contributed by atoms with Gasteiger partial charge in [0.1, 0.15) is 24.4 Å². The number of hydrogen-bond donors (Lipinski definition) is 2. The number of methoxy groups -OCH3 is 1. The zero-order chi connectivity index (χ0) is 36.0. The molecule has 5 rings (SSSR count). The summed E-state index contributed by atoms with van der Waals surface area (Å²) in [5, 5.41) is 11.8. The van der Waals surface area contributed by atoms with Crippen LogP contribution >= 0.6 is 23.1 Å². The predicted molar refractivity (Wildman–Crippen MR) is 210 cm³/mol. The number of likely N-dealkylation sites (N-methyl/N-ethyl adjacent to an activating group) is 1. The molecule has 13 nitrogen and oxygen atoms in total. The Morgan fingerprint density at radius 3 is 2.54 bits per heavy atom. The minimum absolute atomic E-state index is 0.244. The maximum absolute atomic E-state index is 13.6. The number of halogens is 1. The van der Waals surface area contributed by atoms with Crippen LogP contribution in [0.1, 0.15) is 19.8 Å². The van der Waals surface area contributed by atoms with Crippen molar-refractivity contribution >= 4 is 81.5 Å². The standard InChI is InChI=1S/C35H46BrN10O3P/c1-9-38-32-27(37-2)10-11-28(33(32)50(7,8)47)41-34-26(36)21-39-35(43-34)42-29-18-25(23-20-40-45(5)22-23)30(19-31(29)48-6)46-14-12-24(13-15-46)49-17-16-44(3)4/h9-11,18-22,24H,2,12-17H2,1,3-8H3,(H2,39,41,42,43)/b38-9-. The van der Waals surface area contributed by atoms with Crippen molar-refractivity contribution in [2.75, 3.05) is 76.3 Å². The topological polar surface area (TPSA) is 134 Å². The van der Waals surface area contributed by atoms with Crippen LogP contribution in [-0.2, 0) is 16.3 Å². The summed E-state index contributed by atoms with van der Waals surface area (Å²) in [6, 6.07) is 7.73. The number of aryl methyl sites for hydroxylation is 1. The van der Waals surface area contributed by atoms with Crippen LogP contribution in [-0.4, -0.2) is 104 Å². The number of piperidine rings is 1. The number of nitrogens with zero attached hydrogens (tertiary/aromatic N) is 8. The van der Waals surface area contributed by atoms with Gasteiger partial charge >= 0.3 is 0 Å². The Bertz CT molecular complexity index is 1900. The van der Waals surface area contributed by atoms with Crippen LogP contribution < -0.4 is 25.6 Å². The number of hydrogen-bond acceptors (Lipinski definition) is 12. The lowest BCUT2D eigenvalue weighted by Crippen LogP contribution is -2.38. The van der Waals surface area contributed by atoms with Crippen molar-refractivity contribution in [1.82, 2.24) is 24.6 Å². The van der Waals surface area contributed by atoms with E-state index < -0.39 is 7.14 Å². The lowest BCUT2D eigenvalue weighted by molar-refractivity contribution is 0.0294. The van der Waals surface area contributed by atoms with Gasteiger partial charge in [0, 0.05) is 68.2 Å². The second kappa shape index (κ2) is 16.3. The van der Waals surface area contributed by atoms with Gasteiger partial charge in [0.05, 0.1) is 52.9 Å². The first-order chi connectivity index (χ1) is 23.9. The fourth-order valence-electron chi connectivity index (χ4n) is 5.92. The molecular formula is C35H46BrN10O3P. The number of aliphatic imine (C=N–C) groups is 2. The maximum atomic E-state index is 13.6. The highest BCUT2D eigenvalue weighted by Crippen LogP contribution is 2.46. The molecule has 2 aromatic heterocycles. The Balaban J connectivity index is 1.47. The van der Waals surface area contributed by atoms with E-state index in [1.807, 2.05) is 25.5 Å². The lowest BCUT2D eigenvalue weighted by Gasteiger charge is -2.35. The van der Waals surface area contributed by atoms with Gasteiger partial charge in [-0.1, -0.05) is 0 Å². The summed E-state index contributed by atoms with van der Waals surface area (Å²) in [6.07, 6.45) is 9.31. The van der Waals surface area contributed by atoms with Gasteiger partial charge < -0.3 is 34.5 Å². The van der Waals surface area contributed by atoms with Crippen LogP contribution in [0.3, 0.4) is 0 Å². The fourth-order valence-corrected chi connectivity index (χ4v) is 7.60. The van der Waals surface area contributed by atoms with Crippen molar-refractivity contribution in [2.24, 2.45) is 17.0 Å². The SMILES string of the molecule is C=Nc1ccc(Nc2nc(Nc3cc(-c4cnn(C)c4)c(N4CCC(OCCN(C)C)CC4)cc3OC)ncc2Br)c(P(C)(C)=O)c1/N=C\C. The molecule has 15 heteroatoms. The van der Waals surface area contributed by atoms with E-state index in [0.29, 0.717) is 50.0 Å². The first-order valence-corrected chi connectivity index (χ1v) is 19.8. The molecule has 0 radical (unpaired) electrons. The van der Waals surface area contributed by atoms with Crippen molar-refractivity contribution in [3.8, 4) is 16.9 Å². The van der Waals surface area contributed by atoms with E-state index in [9.17, 15) is 4.57 Å². The molecule has 3 heterocycles. The smallest absolute Gasteiger partial charge is 0.229 e. The first-order valence-electron chi connectivity index (χ1n) is 16.4. The third kappa shape index (κ3) is 8.79. The number of nitrogens with one attached hydrogen (secondary N) is 2. The van der Waals surface area contributed by atoms with E-state index >= 15 is 0 Å². The largest absolute Gasteiger partial charge is 0.494 e. The molecule has 0 spiro atoms. The fraction of sp³-hybridized carbons (Fsp3) is 0.400. The Morgan fingerprint density at radius 1 is 1.16 bits per heavy atom. The molecule has 0 unspecified atom stereocenters. The third-order valence-electron chi connectivity index (χ3n) is 8.35. The average Bonchev–Trinajstić information content (AvgIpc) is 3.52. The highest BCUT2D eigenvalue weighted by molar-refractivity contribution is 9.10. The van der Waals surface area contributed by atoms with Gasteiger partial charge in [-0.05, 0) is 88.0 Å². The summed E-state index contributed by atoms with van der Waals surface area (Å²) in [4.78, 5) is 22.5. The van der Waals surface area contributed by atoms with Crippen molar-refractivity contribution in [3.63, 3.8) is 0 Å². The molecule has 0 aliphatic carbocycles. The Labute approximate surface area is 302 Å². The molecule has 0 amide bonds. The number of benzene rings is 2. The van der Waals surface area contributed by atoms with E-state index in [-0.39, 0.29) is 6.10 Å². The highest BCUT2D eigenvalue weighted by atomic mass is 79.9. The monoisotopic (exact) mass is 764 g/mol. The van der Waals surface area contributed by atoms with E-state index in [2.05, 4.69) is 89.4 Å². The van der Waals surface area contributed by atoms with Crippen LogP contribution in [0.5, 0.6) is 5.75 Å². The lowest BCUT2D eigenvalue weighted by atomic mass is 10.0. The van der Waals surface area contributed by atoms with E-state index in [1.165, 1.54) is 0 Å². The molecule has 1 aliphatic heterocycles. The molecule has 2 aromatic carbocycles. The Kier molecular flexibility index (Phi) is 12.1. The molecular weight excluding hydrogens is 719 g/mol. The van der Waals surface area contributed by atoms with Gasteiger partial charge in [-0.25, -0.2) is 4.98 Å². The number of aromatic nitrogens is 4. The average molecular weight is 766 g/mol. The molecule has 1 fully saturated rings. The van der Waals surface area contributed by atoms with Crippen LogP contribution in [0.25, 0.3) is 11.1 Å². The third-order valence-corrected chi connectivity index (χ3v) is 10.5. The van der Waals surface area contributed by atoms with Gasteiger partial charge in [-0.2, -0.15) is 10.1 Å². The maximum Gasteiger partial charge on any atom is 0.229 e. The summed E-state index contributed by atoms with van der Waals surface area (Å²) < 4.78 is 28.1. The summed E-state index contributed by atoms with van der Waals surface area (Å²) in [5.74, 6) is 1.46. The highest BCUT2D eigenvalue weighted by Gasteiger charge is 2.26. The number of rotatable bonds is 14. The quantitative estimate of drug-likeness (QED) is 0.102. The van der Waals surface area contributed by atoms with Gasteiger partial charge in [0.25, 0.3) is 0 Å². The van der Waals surface area contributed by atoms with Crippen molar-refractivity contribution in [3.05, 3.63) is 47.3 Å².